The Kier molecular flexibility index (Phi) is 7.07. The van der Waals surface area contributed by atoms with Gasteiger partial charge >= 0.3 is 6.92 Å². The van der Waals surface area contributed by atoms with Crippen LogP contribution in [0.25, 0.3) is 0 Å². The lowest BCUT2D eigenvalue weighted by Crippen LogP contribution is -2.25. The second-order valence-electron chi connectivity index (χ2n) is 3.81. The first-order chi connectivity index (χ1) is 7.59. The summed E-state index contributed by atoms with van der Waals surface area (Å²) in [5.41, 5.74) is 2.20. The monoisotopic (exact) mass is 232 g/mol. The lowest BCUT2D eigenvalue weighted by molar-refractivity contribution is 0.534. The summed E-state index contributed by atoms with van der Waals surface area (Å²) in [5, 5.41) is 9.11. The molecule has 0 atom stereocenters. The Bertz CT molecular complexity index is 391. The van der Waals surface area contributed by atoms with E-state index in [0.29, 0.717) is 0 Å². The third-order valence-corrected chi connectivity index (χ3v) is 2.22. The summed E-state index contributed by atoms with van der Waals surface area (Å²) in [4.78, 5) is 0. The molecule has 0 unspecified atom stereocenters. The predicted octanol–water partition coefficient (Wildman–Crippen LogP) is 3.04. The fourth-order valence-corrected chi connectivity index (χ4v) is 1.21. The first-order valence-corrected chi connectivity index (χ1v) is 5.34. The Balaban J connectivity index is 0.000000316. The SMILES string of the molecule is C.CB(O)c1ccc(C)cc1.Cc1ccco1. The van der Waals surface area contributed by atoms with Crippen molar-refractivity contribution in [3.8, 4) is 0 Å². The van der Waals surface area contributed by atoms with Crippen LogP contribution in [0, 0.1) is 13.8 Å². The Morgan fingerprint density at radius 2 is 1.65 bits per heavy atom. The summed E-state index contributed by atoms with van der Waals surface area (Å²) in [6, 6.07) is 11.7. The summed E-state index contributed by atoms with van der Waals surface area (Å²) in [7, 11) is 0. The first kappa shape index (κ1) is 15.5. The quantitative estimate of drug-likeness (QED) is 0.766. The van der Waals surface area contributed by atoms with E-state index >= 15 is 0 Å². The van der Waals surface area contributed by atoms with Crippen molar-refractivity contribution in [2.24, 2.45) is 0 Å². The topological polar surface area (TPSA) is 33.4 Å². The van der Waals surface area contributed by atoms with Gasteiger partial charge in [0.25, 0.3) is 0 Å². The van der Waals surface area contributed by atoms with Gasteiger partial charge in [-0.2, -0.15) is 0 Å². The summed E-state index contributed by atoms with van der Waals surface area (Å²) in [6.45, 7) is 5.37. The van der Waals surface area contributed by atoms with Crippen LogP contribution in [0.3, 0.4) is 0 Å². The molecule has 0 fully saturated rings. The number of hydrogen-bond donors (Lipinski definition) is 1. The van der Waals surface area contributed by atoms with Gasteiger partial charge in [0, 0.05) is 0 Å². The maximum atomic E-state index is 9.11. The zero-order valence-electron chi connectivity index (χ0n) is 9.97. The standard InChI is InChI=1S/C8H11BO.C5H6O.CH4/c1-7-3-5-8(6-4-7)9(2)10;1-5-3-2-4-6-5;/h3-6,10H,1-2H3;2-4H,1H3;1H4. The Morgan fingerprint density at radius 1 is 1.06 bits per heavy atom. The van der Waals surface area contributed by atoms with Gasteiger partial charge in [0.15, 0.2) is 0 Å². The van der Waals surface area contributed by atoms with Gasteiger partial charge in [-0.1, -0.05) is 44.1 Å². The average molecular weight is 232 g/mol. The molecule has 17 heavy (non-hydrogen) atoms. The fraction of sp³-hybridized carbons (Fsp3) is 0.286. The molecule has 0 aliphatic heterocycles. The number of rotatable bonds is 1. The molecule has 0 saturated carbocycles. The number of benzene rings is 1. The van der Waals surface area contributed by atoms with Crippen molar-refractivity contribution in [1.82, 2.24) is 0 Å². The molecule has 1 aromatic carbocycles. The number of aryl methyl sites for hydroxylation is 2. The zero-order valence-corrected chi connectivity index (χ0v) is 9.97. The predicted molar refractivity (Wildman–Crippen MR) is 74.8 cm³/mol. The van der Waals surface area contributed by atoms with Gasteiger partial charge in [0.2, 0.25) is 0 Å². The summed E-state index contributed by atoms with van der Waals surface area (Å²) in [6.07, 6.45) is 1.66. The molecule has 3 heteroatoms. The lowest BCUT2D eigenvalue weighted by Gasteiger charge is -1.99. The molecule has 92 valence electrons. The van der Waals surface area contributed by atoms with Crippen LogP contribution >= 0.6 is 0 Å². The van der Waals surface area contributed by atoms with Gasteiger partial charge in [-0.3, -0.25) is 0 Å². The van der Waals surface area contributed by atoms with Crippen LogP contribution in [0.5, 0.6) is 0 Å². The number of hydrogen-bond acceptors (Lipinski definition) is 2. The third-order valence-electron chi connectivity index (χ3n) is 2.22. The van der Waals surface area contributed by atoms with Crippen molar-refractivity contribution in [3.05, 3.63) is 54.0 Å². The molecule has 0 aliphatic carbocycles. The van der Waals surface area contributed by atoms with E-state index in [-0.39, 0.29) is 14.3 Å². The summed E-state index contributed by atoms with van der Waals surface area (Å²) >= 11 is 0. The first-order valence-electron chi connectivity index (χ1n) is 5.34. The van der Waals surface area contributed by atoms with Gasteiger partial charge in [-0.05, 0) is 31.4 Å². The fourth-order valence-electron chi connectivity index (χ4n) is 1.21. The van der Waals surface area contributed by atoms with Gasteiger partial charge in [0.05, 0.1) is 6.26 Å². The maximum Gasteiger partial charge on any atom is 0.320 e. The van der Waals surface area contributed by atoms with Gasteiger partial charge in [0.1, 0.15) is 5.76 Å². The molecule has 0 bridgehead atoms. The van der Waals surface area contributed by atoms with E-state index in [9.17, 15) is 0 Å². The smallest absolute Gasteiger partial charge is 0.320 e. The van der Waals surface area contributed by atoms with E-state index in [1.807, 2.05) is 50.2 Å². The maximum absolute atomic E-state index is 9.11. The highest BCUT2D eigenvalue weighted by Gasteiger charge is 2.03. The van der Waals surface area contributed by atoms with Crippen LogP contribution in [-0.2, 0) is 0 Å². The lowest BCUT2D eigenvalue weighted by atomic mass is 9.64. The molecule has 0 spiro atoms. The second kappa shape index (κ2) is 7.74. The number of furan rings is 1. The highest BCUT2D eigenvalue weighted by Crippen LogP contribution is 1.94. The molecular weight excluding hydrogens is 211 g/mol. The van der Waals surface area contributed by atoms with E-state index in [2.05, 4.69) is 0 Å². The Labute approximate surface area is 104 Å². The Morgan fingerprint density at radius 3 is 1.94 bits per heavy atom. The molecule has 2 nitrogen and oxygen atoms in total. The normalized spacial score (nSPS) is 8.71. The van der Waals surface area contributed by atoms with Crippen molar-refractivity contribution in [3.63, 3.8) is 0 Å². The van der Waals surface area contributed by atoms with Crippen LogP contribution in [0.4, 0.5) is 0 Å². The van der Waals surface area contributed by atoms with Gasteiger partial charge in [-0.15, -0.1) is 0 Å². The van der Waals surface area contributed by atoms with Crippen molar-refractivity contribution < 1.29 is 9.44 Å². The van der Waals surface area contributed by atoms with Crippen molar-refractivity contribution in [1.29, 1.82) is 0 Å². The third kappa shape index (κ3) is 5.98. The molecular formula is C14H21BO2. The Hall–Kier alpha value is -1.48. The van der Waals surface area contributed by atoms with E-state index in [1.54, 1.807) is 13.1 Å². The average Bonchev–Trinajstić information content (AvgIpc) is 2.71. The van der Waals surface area contributed by atoms with E-state index in [1.165, 1.54) is 5.56 Å². The van der Waals surface area contributed by atoms with Gasteiger partial charge in [-0.25, -0.2) is 0 Å². The van der Waals surface area contributed by atoms with Crippen LogP contribution in [0.15, 0.2) is 47.1 Å². The molecule has 2 aromatic rings. The minimum atomic E-state index is -0.347. The second-order valence-corrected chi connectivity index (χ2v) is 3.81. The van der Waals surface area contributed by atoms with Crippen LogP contribution in [-0.4, -0.2) is 11.9 Å². The van der Waals surface area contributed by atoms with Crippen molar-refractivity contribution >= 4 is 12.4 Å². The summed E-state index contributed by atoms with van der Waals surface area (Å²) in [5.74, 6) is 0.968. The zero-order chi connectivity index (χ0) is 12.0. The molecule has 0 aliphatic rings. The van der Waals surface area contributed by atoms with E-state index in [4.69, 9.17) is 9.44 Å². The molecule has 0 saturated heterocycles. The van der Waals surface area contributed by atoms with Crippen molar-refractivity contribution in [2.75, 3.05) is 0 Å². The largest absolute Gasteiger partial charge is 0.470 e. The minimum absolute atomic E-state index is 0. The van der Waals surface area contributed by atoms with Crippen LogP contribution in [0.2, 0.25) is 6.82 Å². The van der Waals surface area contributed by atoms with E-state index in [0.717, 1.165) is 11.2 Å². The highest BCUT2D eigenvalue weighted by atomic mass is 16.3. The minimum Gasteiger partial charge on any atom is -0.470 e. The molecule has 2 rings (SSSR count). The molecule has 0 amide bonds. The molecule has 0 radical (unpaired) electrons. The summed E-state index contributed by atoms with van der Waals surface area (Å²) < 4.78 is 4.83. The van der Waals surface area contributed by atoms with Crippen molar-refractivity contribution in [2.45, 2.75) is 28.1 Å². The molecule has 1 heterocycles. The van der Waals surface area contributed by atoms with E-state index < -0.39 is 0 Å². The van der Waals surface area contributed by atoms with Gasteiger partial charge < -0.3 is 9.44 Å². The molecule has 1 N–H and O–H groups in total. The van der Waals surface area contributed by atoms with Crippen LogP contribution < -0.4 is 5.46 Å². The highest BCUT2D eigenvalue weighted by molar-refractivity contribution is 6.64. The molecule has 1 aromatic heterocycles. The van der Waals surface area contributed by atoms with Crippen LogP contribution in [0.1, 0.15) is 18.8 Å².